The average molecular weight is 284 g/mol. The minimum absolute atomic E-state index is 0.110. The molecule has 0 unspecified atom stereocenters. The van der Waals surface area contributed by atoms with E-state index in [2.05, 4.69) is 10.6 Å². The van der Waals surface area contributed by atoms with E-state index in [1.807, 2.05) is 25.2 Å². The number of benzene rings is 2. The molecule has 0 aromatic heterocycles. The van der Waals surface area contributed by atoms with Crippen LogP contribution in [0.2, 0.25) is 0 Å². The fourth-order valence-electron chi connectivity index (χ4n) is 2.17. The van der Waals surface area contributed by atoms with E-state index in [1.165, 1.54) is 0 Å². The van der Waals surface area contributed by atoms with Gasteiger partial charge in [-0.25, -0.2) is 0 Å². The molecule has 21 heavy (non-hydrogen) atoms. The van der Waals surface area contributed by atoms with Crippen molar-refractivity contribution in [2.45, 2.75) is 13.3 Å². The van der Waals surface area contributed by atoms with Crippen LogP contribution >= 0.6 is 0 Å². The summed E-state index contributed by atoms with van der Waals surface area (Å²) in [6.07, 6.45) is 0.778. The van der Waals surface area contributed by atoms with Crippen molar-refractivity contribution < 1.29 is 9.90 Å². The van der Waals surface area contributed by atoms with Gasteiger partial charge >= 0.3 is 0 Å². The van der Waals surface area contributed by atoms with Crippen LogP contribution in [-0.2, 0) is 6.42 Å². The van der Waals surface area contributed by atoms with Crippen molar-refractivity contribution in [3.63, 3.8) is 0 Å². The monoisotopic (exact) mass is 284 g/mol. The Morgan fingerprint density at radius 3 is 2.67 bits per heavy atom. The van der Waals surface area contributed by atoms with Crippen LogP contribution in [0.1, 0.15) is 21.5 Å². The summed E-state index contributed by atoms with van der Waals surface area (Å²) in [4.78, 5) is 12.4. The van der Waals surface area contributed by atoms with Gasteiger partial charge < -0.3 is 15.7 Å². The molecule has 0 saturated carbocycles. The van der Waals surface area contributed by atoms with Crippen molar-refractivity contribution in [1.29, 1.82) is 0 Å². The largest absolute Gasteiger partial charge is 0.505 e. The fourth-order valence-corrected chi connectivity index (χ4v) is 2.17. The maximum Gasteiger partial charge on any atom is 0.256 e. The minimum Gasteiger partial charge on any atom is -0.505 e. The topological polar surface area (TPSA) is 61.4 Å². The molecule has 2 aromatic rings. The molecule has 0 aliphatic carbocycles. The number of carbonyl (C=O) groups is 1. The molecule has 3 N–H and O–H groups in total. The SMILES string of the molecule is CNCCc1ccccc1C(=O)Nc1cccc(C)c1O. The molecule has 0 atom stereocenters. The van der Waals surface area contributed by atoms with Gasteiger partial charge in [-0.3, -0.25) is 4.79 Å². The van der Waals surface area contributed by atoms with Gasteiger partial charge in [0.2, 0.25) is 0 Å². The van der Waals surface area contributed by atoms with Crippen LogP contribution in [0.4, 0.5) is 5.69 Å². The van der Waals surface area contributed by atoms with E-state index in [0.29, 0.717) is 11.3 Å². The first-order valence-corrected chi connectivity index (χ1v) is 6.96. The molecule has 4 nitrogen and oxygen atoms in total. The molecule has 4 heteroatoms. The van der Waals surface area contributed by atoms with Crippen LogP contribution in [0.3, 0.4) is 0 Å². The number of phenolic OH excluding ortho intramolecular Hbond substituents is 1. The Labute approximate surface area is 124 Å². The summed E-state index contributed by atoms with van der Waals surface area (Å²) in [7, 11) is 1.88. The second-order valence-electron chi connectivity index (χ2n) is 4.94. The number of phenols is 1. The number of likely N-dealkylation sites (N-methyl/N-ethyl adjacent to an activating group) is 1. The van der Waals surface area contributed by atoms with Crippen molar-refractivity contribution >= 4 is 11.6 Å². The highest BCUT2D eigenvalue weighted by Gasteiger charge is 2.13. The lowest BCUT2D eigenvalue weighted by atomic mass is 10.0. The Balaban J connectivity index is 2.22. The van der Waals surface area contributed by atoms with Gasteiger partial charge in [0.1, 0.15) is 5.75 Å². The molecule has 0 aliphatic rings. The van der Waals surface area contributed by atoms with Gasteiger partial charge in [0.15, 0.2) is 0 Å². The summed E-state index contributed by atoms with van der Waals surface area (Å²) < 4.78 is 0. The zero-order chi connectivity index (χ0) is 15.2. The number of hydrogen-bond donors (Lipinski definition) is 3. The predicted octanol–water partition coefficient (Wildman–Crippen LogP) is 2.71. The van der Waals surface area contributed by atoms with Gasteiger partial charge in [-0.1, -0.05) is 30.3 Å². The highest BCUT2D eigenvalue weighted by Crippen LogP contribution is 2.27. The zero-order valence-corrected chi connectivity index (χ0v) is 12.3. The third kappa shape index (κ3) is 3.61. The fraction of sp³-hybridized carbons (Fsp3) is 0.235. The third-order valence-corrected chi connectivity index (χ3v) is 3.39. The smallest absolute Gasteiger partial charge is 0.256 e. The van der Waals surface area contributed by atoms with Crippen LogP contribution < -0.4 is 10.6 Å². The molecule has 0 fully saturated rings. The molecular weight excluding hydrogens is 264 g/mol. The summed E-state index contributed by atoms with van der Waals surface area (Å²) in [5.74, 6) is -0.0961. The van der Waals surface area contributed by atoms with Crippen molar-refractivity contribution in [2.24, 2.45) is 0 Å². The van der Waals surface area contributed by atoms with E-state index in [0.717, 1.165) is 24.1 Å². The summed E-state index contributed by atoms with van der Waals surface area (Å²) >= 11 is 0. The van der Waals surface area contributed by atoms with Gasteiger partial charge in [0.05, 0.1) is 5.69 Å². The number of carbonyl (C=O) groups excluding carboxylic acids is 1. The van der Waals surface area contributed by atoms with Crippen LogP contribution in [0.15, 0.2) is 42.5 Å². The lowest BCUT2D eigenvalue weighted by Gasteiger charge is -2.12. The van der Waals surface area contributed by atoms with E-state index >= 15 is 0 Å². The van der Waals surface area contributed by atoms with Gasteiger partial charge in [0, 0.05) is 5.56 Å². The molecule has 0 spiro atoms. The molecule has 2 aromatic carbocycles. The number of para-hydroxylation sites is 1. The second-order valence-corrected chi connectivity index (χ2v) is 4.94. The molecule has 0 bridgehead atoms. The first kappa shape index (κ1) is 15.1. The van der Waals surface area contributed by atoms with E-state index in [1.54, 1.807) is 31.2 Å². The number of nitrogens with one attached hydrogen (secondary N) is 2. The Kier molecular flexibility index (Phi) is 4.95. The van der Waals surface area contributed by atoms with Gasteiger partial charge in [0.25, 0.3) is 5.91 Å². The molecule has 2 rings (SSSR count). The van der Waals surface area contributed by atoms with Crippen molar-refractivity contribution in [2.75, 3.05) is 18.9 Å². The van der Waals surface area contributed by atoms with Crippen molar-refractivity contribution in [3.05, 3.63) is 59.2 Å². The summed E-state index contributed by atoms with van der Waals surface area (Å²) in [5.41, 5.74) is 2.78. The van der Waals surface area contributed by atoms with E-state index in [-0.39, 0.29) is 11.7 Å². The van der Waals surface area contributed by atoms with E-state index in [9.17, 15) is 9.90 Å². The highest BCUT2D eigenvalue weighted by molar-refractivity contribution is 6.06. The van der Waals surface area contributed by atoms with Crippen LogP contribution in [0, 0.1) is 6.92 Å². The predicted molar refractivity (Wildman–Crippen MR) is 84.9 cm³/mol. The average Bonchev–Trinajstić information content (AvgIpc) is 2.50. The van der Waals surface area contributed by atoms with Gasteiger partial charge in [-0.15, -0.1) is 0 Å². The number of aromatic hydroxyl groups is 1. The number of rotatable bonds is 5. The Bertz CT molecular complexity index is 638. The molecular formula is C17H20N2O2. The molecule has 0 saturated heterocycles. The summed E-state index contributed by atoms with van der Waals surface area (Å²) in [5, 5.41) is 15.8. The zero-order valence-electron chi connectivity index (χ0n) is 12.3. The van der Waals surface area contributed by atoms with Crippen molar-refractivity contribution in [3.8, 4) is 5.75 Å². The molecule has 1 amide bonds. The van der Waals surface area contributed by atoms with Gasteiger partial charge in [-0.05, 0) is 50.2 Å². The van der Waals surface area contributed by atoms with Crippen LogP contribution in [0.5, 0.6) is 5.75 Å². The number of hydrogen-bond acceptors (Lipinski definition) is 3. The Morgan fingerprint density at radius 2 is 1.90 bits per heavy atom. The normalized spacial score (nSPS) is 10.4. The standard InChI is InChI=1S/C17H20N2O2/c1-12-6-5-9-15(16(12)20)19-17(21)14-8-4-3-7-13(14)10-11-18-2/h3-9,18,20H,10-11H2,1-2H3,(H,19,21). The maximum absolute atomic E-state index is 12.4. The summed E-state index contributed by atoms with van der Waals surface area (Å²) in [6, 6.07) is 12.8. The van der Waals surface area contributed by atoms with Crippen LogP contribution in [0.25, 0.3) is 0 Å². The third-order valence-electron chi connectivity index (χ3n) is 3.39. The molecule has 0 aliphatic heterocycles. The first-order valence-electron chi connectivity index (χ1n) is 6.96. The maximum atomic E-state index is 12.4. The van der Waals surface area contributed by atoms with Crippen LogP contribution in [-0.4, -0.2) is 24.6 Å². The number of anilines is 1. The second kappa shape index (κ2) is 6.90. The minimum atomic E-state index is -0.206. The Hall–Kier alpha value is -2.33. The quantitative estimate of drug-likeness (QED) is 0.740. The van der Waals surface area contributed by atoms with Crippen molar-refractivity contribution in [1.82, 2.24) is 5.32 Å². The Morgan fingerprint density at radius 1 is 1.14 bits per heavy atom. The van der Waals surface area contributed by atoms with Gasteiger partial charge in [-0.2, -0.15) is 0 Å². The molecule has 0 heterocycles. The first-order chi connectivity index (χ1) is 10.1. The molecule has 0 radical (unpaired) electrons. The molecule has 110 valence electrons. The van der Waals surface area contributed by atoms with E-state index in [4.69, 9.17) is 0 Å². The number of aryl methyl sites for hydroxylation is 1. The summed E-state index contributed by atoms with van der Waals surface area (Å²) in [6.45, 7) is 2.60. The van der Waals surface area contributed by atoms with E-state index < -0.39 is 0 Å². The lowest BCUT2D eigenvalue weighted by Crippen LogP contribution is -2.17. The highest BCUT2D eigenvalue weighted by atomic mass is 16.3. The number of amides is 1. The lowest BCUT2D eigenvalue weighted by molar-refractivity contribution is 0.102.